The van der Waals surface area contributed by atoms with Gasteiger partial charge in [-0.25, -0.2) is 0 Å². The molecule has 1 aromatic carbocycles. The van der Waals surface area contributed by atoms with Crippen LogP contribution < -0.4 is 5.73 Å². The number of hydrogen-bond acceptors (Lipinski definition) is 5. The normalized spacial score (nSPS) is 12.9. The molecule has 0 spiro atoms. The van der Waals surface area contributed by atoms with Gasteiger partial charge < -0.3 is 15.4 Å². The van der Waals surface area contributed by atoms with Crippen molar-refractivity contribution in [3.63, 3.8) is 0 Å². The van der Waals surface area contributed by atoms with Crippen molar-refractivity contribution >= 4 is 0 Å². The van der Waals surface area contributed by atoms with E-state index < -0.39 is 0 Å². The SMILES string of the molecule is CC(C)C[C@H](N)c1nc(-c2cccc(O)c2)no1. The molecule has 96 valence electrons. The van der Waals surface area contributed by atoms with Gasteiger partial charge in [0.2, 0.25) is 11.7 Å². The first-order chi connectivity index (χ1) is 8.56. The average molecular weight is 247 g/mol. The average Bonchev–Trinajstić information content (AvgIpc) is 2.77. The molecule has 1 heterocycles. The zero-order chi connectivity index (χ0) is 13.1. The maximum absolute atomic E-state index is 9.40. The molecule has 0 bridgehead atoms. The maximum Gasteiger partial charge on any atom is 0.243 e. The van der Waals surface area contributed by atoms with Gasteiger partial charge in [-0.15, -0.1) is 0 Å². The summed E-state index contributed by atoms with van der Waals surface area (Å²) in [6.07, 6.45) is 0.793. The number of phenols is 1. The Hall–Kier alpha value is -1.88. The summed E-state index contributed by atoms with van der Waals surface area (Å²) in [6.45, 7) is 4.18. The van der Waals surface area contributed by atoms with Crippen LogP contribution in [-0.2, 0) is 0 Å². The highest BCUT2D eigenvalue weighted by Gasteiger charge is 2.16. The molecular formula is C13H17N3O2. The summed E-state index contributed by atoms with van der Waals surface area (Å²) < 4.78 is 5.15. The summed E-state index contributed by atoms with van der Waals surface area (Å²) in [5.41, 5.74) is 6.68. The topological polar surface area (TPSA) is 85.2 Å². The number of phenolic OH excluding ortho intramolecular Hbond substituents is 1. The molecule has 0 saturated heterocycles. The molecule has 1 atom stereocenters. The zero-order valence-corrected chi connectivity index (χ0v) is 10.5. The Morgan fingerprint density at radius 2 is 2.17 bits per heavy atom. The molecule has 0 aliphatic carbocycles. The van der Waals surface area contributed by atoms with Gasteiger partial charge in [0.05, 0.1) is 6.04 Å². The van der Waals surface area contributed by atoms with Crippen LogP contribution in [-0.4, -0.2) is 15.2 Å². The smallest absolute Gasteiger partial charge is 0.243 e. The van der Waals surface area contributed by atoms with E-state index in [4.69, 9.17) is 10.3 Å². The van der Waals surface area contributed by atoms with Crippen LogP contribution >= 0.6 is 0 Å². The fourth-order valence-electron chi connectivity index (χ4n) is 1.76. The van der Waals surface area contributed by atoms with E-state index in [2.05, 4.69) is 24.0 Å². The molecule has 5 nitrogen and oxygen atoms in total. The molecule has 1 aromatic heterocycles. The fourth-order valence-corrected chi connectivity index (χ4v) is 1.76. The second-order valence-electron chi connectivity index (χ2n) is 4.74. The van der Waals surface area contributed by atoms with Crippen molar-refractivity contribution in [2.75, 3.05) is 0 Å². The third-order valence-corrected chi connectivity index (χ3v) is 2.59. The lowest BCUT2D eigenvalue weighted by Gasteiger charge is -2.08. The lowest BCUT2D eigenvalue weighted by molar-refractivity contribution is 0.335. The Labute approximate surface area is 106 Å². The Morgan fingerprint density at radius 3 is 2.83 bits per heavy atom. The number of nitrogens with two attached hydrogens (primary N) is 1. The molecular weight excluding hydrogens is 230 g/mol. The first-order valence-corrected chi connectivity index (χ1v) is 5.95. The van der Waals surface area contributed by atoms with Crippen molar-refractivity contribution < 1.29 is 9.63 Å². The van der Waals surface area contributed by atoms with Gasteiger partial charge in [0.1, 0.15) is 5.75 Å². The molecule has 0 aliphatic rings. The predicted octanol–water partition coefficient (Wildman–Crippen LogP) is 2.49. The van der Waals surface area contributed by atoms with Crippen LogP contribution in [0.25, 0.3) is 11.4 Å². The van der Waals surface area contributed by atoms with Crippen molar-refractivity contribution in [2.24, 2.45) is 11.7 Å². The van der Waals surface area contributed by atoms with E-state index in [1.165, 1.54) is 0 Å². The van der Waals surface area contributed by atoms with E-state index in [-0.39, 0.29) is 11.8 Å². The molecule has 5 heteroatoms. The van der Waals surface area contributed by atoms with E-state index in [1.54, 1.807) is 18.2 Å². The van der Waals surface area contributed by atoms with E-state index in [9.17, 15) is 5.11 Å². The quantitative estimate of drug-likeness (QED) is 0.867. The summed E-state index contributed by atoms with van der Waals surface area (Å²) in [5, 5.41) is 13.3. The van der Waals surface area contributed by atoms with Crippen LogP contribution in [0.3, 0.4) is 0 Å². The Balaban J connectivity index is 2.20. The van der Waals surface area contributed by atoms with Crippen LogP contribution in [0.15, 0.2) is 28.8 Å². The van der Waals surface area contributed by atoms with Crippen molar-refractivity contribution in [3.05, 3.63) is 30.2 Å². The molecule has 2 rings (SSSR count). The monoisotopic (exact) mass is 247 g/mol. The Bertz CT molecular complexity index is 522. The molecule has 0 unspecified atom stereocenters. The summed E-state index contributed by atoms with van der Waals surface area (Å²) in [6, 6.07) is 6.47. The minimum absolute atomic E-state index is 0.172. The predicted molar refractivity (Wildman–Crippen MR) is 67.8 cm³/mol. The van der Waals surface area contributed by atoms with Gasteiger partial charge in [-0.05, 0) is 24.5 Å². The first-order valence-electron chi connectivity index (χ1n) is 5.95. The number of nitrogens with zero attached hydrogens (tertiary/aromatic N) is 2. The molecule has 0 aliphatic heterocycles. The van der Waals surface area contributed by atoms with Gasteiger partial charge in [0, 0.05) is 5.56 Å². The standard InChI is InChI=1S/C13H17N3O2/c1-8(2)6-11(14)13-15-12(16-18-13)9-4-3-5-10(17)7-9/h3-5,7-8,11,17H,6,14H2,1-2H3/t11-/m0/s1. The first kappa shape index (κ1) is 12.6. The van der Waals surface area contributed by atoms with Gasteiger partial charge in [-0.2, -0.15) is 4.98 Å². The second kappa shape index (κ2) is 5.18. The highest BCUT2D eigenvalue weighted by molar-refractivity contribution is 5.56. The van der Waals surface area contributed by atoms with Gasteiger partial charge >= 0.3 is 0 Å². The van der Waals surface area contributed by atoms with Gasteiger partial charge in [-0.3, -0.25) is 0 Å². The molecule has 0 fully saturated rings. The van der Waals surface area contributed by atoms with Crippen molar-refractivity contribution in [3.8, 4) is 17.1 Å². The van der Waals surface area contributed by atoms with Crippen molar-refractivity contribution in [1.29, 1.82) is 0 Å². The minimum Gasteiger partial charge on any atom is -0.508 e. The summed E-state index contributed by atoms with van der Waals surface area (Å²) >= 11 is 0. The fraction of sp³-hybridized carbons (Fsp3) is 0.385. The number of rotatable bonds is 4. The second-order valence-corrected chi connectivity index (χ2v) is 4.74. The lowest BCUT2D eigenvalue weighted by atomic mass is 10.0. The number of hydrogen-bond donors (Lipinski definition) is 2. The Morgan fingerprint density at radius 1 is 1.39 bits per heavy atom. The van der Waals surface area contributed by atoms with Crippen LogP contribution in [0.2, 0.25) is 0 Å². The minimum atomic E-state index is -0.247. The van der Waals surface area contributed by atoms with E-state index in [0.717, 1.165) is 6.42 Å². The van der Waals surface area contributed by atoms with Gasteiger partial charge in [-0.1, -0.05) is 31.1 Å². The number of aromatic nitrogens is 2. The molecule has 18 heavy (non-hydrogen) atoms. The molecule has 2 aromatic rings. The maximum atomic E-state index is 9.40. The molecule has 3 N–H and O–H groups in total. The number of benzene rings is 1. The summed E-state index contributed by atoms with van der Waals surface area (Å²) in [5.74, 6) is 1.52. The lowest BCUT2D eigenvalue weighted by Crippen LogP contribution is -2.13. The van der Waals surface area contributed by atoms with Crippen LogP contribution in [0.5, 0.6) is 5.75 Å². The highest BCUT2D eigenvalue weighted by atomic mass is 16.5. The van der Waals surface area contributed by atoms with E-state index in [1.807, 2.05) is 6.07 Å². The molecule has 0 amide bonds. The van der Waals surface area contributed by atoms with Crippen LogP contribution in [0, 0.1) is 5.92 Å². The van der Waals surface area contributed by atoms with Crippen molar-refractivity contribution in [2.45, 2.75) is 26.3 Å². The zero-order valence-electron chi connectivity index (χ0n) is 10.5. The number of aromatic hydroxyl groups is 1. The molecule has 0 radical (unpaired) electrons. The van der Waals surface area contributed by atoms with Crippen LogP contribution in [0.1, 0.15) is 32.2 Å². The van der Waals surface area contributed by atoms with E-state index in [0.29, 0.717) is 23.2 Å². The third-order valence-electron chi connectivity index (χ3n) is 2.59. The Kier molecular flexibility index (Phi) is 3.62. The largest absolute Gasteiger partial charge is 0.508 e. The van der Waals surface area contributed by atoms with Crippen molar-refractivity contribution in [1.82, 2.24) is 10.1 Å². The molecule has 0 saturated carbocycles. The summed E-state index contributed by atoms with van der Waals surface area (Å²) in [7, 11) is 0. The van der Waals surface area contributed by atoms with Crippen LogP contribution in [0.4, 0.5) is 0 Å². The third kappa shape index (κ3) is 2.87. The summed E-state index contributed by atoms with van der Waals surface area (Å²) in [4.78, 5) is 4.26. The van der Waals surface area contributed by atoms with Gasteiger partial charge in [0.15, 0.2) is 0 Å². The van der Waals surface area contributed by atoms with E-state index >= 15 is 0 Å². The highest BCUT2D eigenvalue weighted by Crippen LogP contribution is 2.23. The van der Waals surface area contributed by atoms with Gasteiger partial charge in [0.25, 0.3) is 0 Å².